The second-order valence-electron chi connectivity index (χ2n) is 6.20. The van der Waals surface area contributed by atoms with Crippen molar-refractivity contribution in [3.05, 3.63) is 16.6 Å². The Labute approximate surface area is 129 Å². The Morgan fingerprint density at radius 3 is 2.62 bits per heavy atom. The predicted molar refractivity (Wildman–Crippen MR) is 82.1 cm³/mol. The van der Waals surface area contributed by atoms with Crippen molar-refractivity contribution < 1.29 is 9.90 Å². The summed E-state index contributed by atoms with van der Waals surface area (Å²) in [6.45, 7) is 3.30. The predicted octanol–water partition coefficient (Wildman–Crippen LogP) is 2.40. The third-order valence-corrected chi connectivity index (χ3v) is 5.46. The summed E-state index contributed by atoms with van der Waals surface area (Å²) in [5.74, 6) is 0.877. The first-order chi connectivity index (χ1) is 10.1. The normalized spacial score (nSPS) is 22.9. The van der Waals surface area contributed by atoms with Gasteiger partial charge in [-0.3, -0.25) is 0 Å². The van der Waals surface area contributed by atoms with Crippen molar-refractivity contribution in [2.24, 2.45) is 11.8 Å². The maximum absolute atomic E-state index is 12.4. The summed E-state index contributed by atoms with van der Waals surface area (Å²) in [6, 6.07) is 0.0955. The lowest BCUT2D eigenvalue weighted by Gasteiger charge is -2.34. The summed E-state index contributed by atoms with van der Waals surface area (Å²) >= 11 is 1.61. The molecule has 2 amide bonds. The Kier molecular flexibility index (Phi) is 4.45. The first-order valence-corrected chi connectivity index (χ1v) is 8.66. The van der Waals surface area contributed by atoms with E-state index >= 15 is 0 Å². The molecule has 2 aliphatic rings. The molecule has 1 aromatic rings. The van der Waals surface area contributed by atoms with Crippen LogP contribution in [0.15, 0.2) is 11.6 Å². The molecule has 2 atom stereocenters. The van der Waals surface area contributed by atoms with Gasteiger partial charge in [-0.2, -0.15) is 0 Å². The Bertz CT molecular complexity index is 465. The number of carbonyl (C=O) groups excluding carboxylic acids is 1. The quantitative estimate of drug-likeness (QED) is 0.897. The molecule has 2 fully saturated rings. The molecule has 0 radical (unpaired) electrons. The summed E-state index contributed by atoms with van der Waals surface area (Å²) < 4.78 is 0. The third kappa shape index (κ3) is 3.55. The highest BCUT2D eigenvalue weighted by atomic mass is 32.1. The van der Waals surface area contributed by atoms with E-state index in [1.165, 1.54) is 12.8 Å². The number of aliphatic hydroxyl groups is 1. The summed E-state index contributed by atoms with van der Waals surface area (Å²) in [5, 5.41) is 15.8. The van der Waals surface area contributed by atoms with Crippen LogP contribution in [-0.2, 0) is 0 Å². The number of nitrogens with one attached hydrogen (secondary N) is 1. The number of aromatic nitrogens is 1. The molecular weight excluding hydrogens is 286 g/mol. The number of urea groups is 1. The molecule has 6 heteroatoms. The largest absolute Gasteiger partial charge is 0.393 e. The lowest BCUT2D eigenvalue weighted by Crippen LogP contribution is -2.47. The van der Waals surface area contributed by atoms with Crippen LogP contribution in [0.25, 0.3) is 0 Å². The van der Waals surface area contributed by atoms with Crippen LogP contribution in [0.3, 0.4) is 0 Å². The van der Waals surface area contributed by atoms with E-state index in [0.29, 0.717) is 11.8 Å². The van der Waals surface area contributed by atoms with Crippen LogP contribution < -0.4 is 5.32 Å². The molecule has 1 aromatic heterocycles. The van der Waals surface area contributed by atoms with Crippen LogP contribution in [0.4, 0.5) is 4.79 Å². The standard InChI is InChI=1S/C15H23N3O2S/c1-10(19)11-4-7-18(8-5-11)15(20)17-13(12-2-3-12)14-16-6-9-21-14/h6,9-13,19H,2-5,7-8H2,1H3,(H,17,20). The number of nitrogens with zero attached hydrogens (tertiary/aromatic N) is 2. The van der Waals surface area contributed by atoms with Crippen LogP contribution in [0.5, 0.6) is 0 Å². The molecule has 0 aromatic carbocycles. The minimum absolute atomic E-state index is 0.0196. The van der Waals surface area contributed by atoms with Gasteiger partial charge in [0.15, 0.2) is 0 Å². The molecule has 1 aliphatic heterocycles. The first kappa shape index (κ1) is 14.8. The van der Waals surface area contributed by atoms with Gasteiger partial charge < -0.3 is 15.3 Å². The highest BCUT2D eigenvalue weighted by Gasteiger charge is 2.36. The molecule has 3 rings (SSSR count). The average molecular weight is 309 g/mol. The minimum Gasteiger partial charge on any atom is -0.393 e. The lowest BCUT2D eigenvalue weighted by molar-refractivity contribution is 0.0791. The van der Waals surface area contributed by atoms with Crippen LogP contribution >= 0.6 is 11.3 Å². The molecule has 5 nitrogen and oxygen atoms in total. The number of aliphatic hydroxyl groups excluding tert-OH is 1. The average Bonchev–Trinajstić information content (AvgIpc) is 3.19. The van der Waals surface area contributed by atoms with Gasteiger partial charge in [-0.1, -0.05) is 0 Å². The zero-order valence-electron chi connectivity index (χ0n) is 12.4. The van der Waals surface area contributed by atoms with Crippen molar-refractivity contribution in [3.8, 4) is 0 Å². The number of thiazole rings is 1. The Balaban J connectivity index is 1.56. The van der Waals surface area contributed by atoms with Crippen LogP contribution in [0.1, 0.15) is 43.7 Å². The van der Waals surface area contributed by atoms with Crippen molar-refractivity contribution >= 4 is 17.4 Å². The molecule has 116 valence electrons. The number of rotatable bonds is 4. The van der Waals surface area contributed by atoms with Crippen molar-refractivity contribution in [2.75, 3.05) is 13.1 Å². The van der Waals surface area contributed by atoms with Gasteiger partial charge in [0.25, 0.3) is 0 Å². The van der Waals surface area contributed by atoms with Crippen LogP contribution in [0.2, 0.25) is 0 Å². The van der Waals surface area contributed by atoms with Crippen LogP contribution in [-0.4, -0.2) is 40.2 Å². The monoisotopic (exact) mass is 309 g/mol. The molecule has 1 saturated heterocycles. The van der Waals surface area contributed by atoms with Crippen molar-refractivity contribution in [3.63, 3.8) is 0 Å². The second kappa shape index (κ2) is 6.32. The minimum atomic E-state index is -0.273. The second-order valence-corrected chi connectivity index (χ2v) is 7.13. The molecule has 2 N–H and O–H groups in total. The van der Waals surface area contributed by atoms with Crippen molar-refractivity contribution in [2.45, 2.75) is 44.8 Å². The third-order valence-electron chi connectivity index (χ3n) is 4.60. The van der Waals surface area contributed by atoms with E-state index < -0.39 is 0 Å². The summed E-state index contributed by atoms with van der Waals surface area (Å²) in [7, 11) is 0. The topological polar surface area (TPSA) is 65.5 Å². The van der Waals surface area contributed by atoms with E-state index in [2.05, 4.69) is 10.3 Å². The van der Waals surface area contributed by atoms with Crippen LogP contribution in [0, 0.1) is 11.8 Å². The summed E-state index contributed by atoms with van der Waals surface area (Å²) in [5.41, 5.74) is 0. The number of likely N-dealkylation sites (tertiary alicyclic amines) is 1. The van der Waals surface area contributed by atoms with Gasteiger partial charge in [-0.05, 0) is 44.4 Å². The fourth-order valence-electron chi connectivity index (χ4n) is 3.01. The molecule has 2 heterocycles. The number of carbonyl (C=O) groups is 1. The highest BCUT2D eigenvalue weighted by molar-refractivity contribution is 7.09. The molecule has 2 unspecified atom stereocenters. The fraction of sp³-hybridized carbons (Fsp3) is 0.733. The fourth-order valence-corrected chi connectivity index (χ4v) is 3.79. The number of amides is 2. The molecule has 1 saturated carbocycles. The van der Waals surface area contributed by atoms with E-state index in [-0.39, 0.29) is 18.2 Å². The van der Waals surface area contributed by atoms with E-state index in [0.717, 1.165) is 30.9 Å². The van der Waals surface area contributed by atoms with E-state index in [9.17, 15) is 9.90 Å². The Hall–Kier alpha value is -1.14. The zero-order valence-corrected chi connectivity index (χ0v) is 13.2. The van der Waals surface area contributed by atoms with E-state index in [4.69, 9.17) is 0 Å². The van der Waals surface area contributed by atoms with Gasteiger partial charge in [0.1, 0.15) is 5.01 Å². The van der Waals surface area contributed by atoms with E-state index in [1.807, 2.05) is 17.2 Å². The van der Waals surface area contributed by atoms with Gasteiger partial charge in [0.2, 0.25) is 0 Å². The maximum atomic E-state index is 12.4. The van der Waals surface area contributed by atoms with Crippen molar-refractivity contribution in [1.82, 2.24) is 15.2 Å². The number of hydrogen-bond donors (Lipinski definition) is 2. The molecule has 0 bridgehead atoms. The molecular formula is C15H23N3O2S. The zero-order chi connectivity index (χ0) is 14.8. The van der Waals surface area contributed by atoms with Gasteiger partial charge >= 0.3 is 6.03 Å². The SMILES string of the molecule is CC(O)C1CCN(C(=O)NC(c2nccs2)C2CC2)CC1. The smallest absolute Gasteiger partial charge is 0.317 e. The molecule has 0 spiro atoms. The first-order valence-electron chi connectivity index (χ1n) is 7.78. The molecule has 21 heavy (non-hydrogen) atoms. The van der Waals surface area contributed by atoms with Gasteiger partial charge in [-0.25, -0.2) is 9.78 Å². The number of hydrogen-bond acceptors (Lipinski definition) is 4. The summed E-state index contributed by atoms with van der Waals surface area (Å²) in [6.07, 6.45) is 5.65. The maximum Gasteiger partial charge on any atom is 0.317 e. The van der Waals surface area contributed by atoms with Gasteiger partial charge in [0.05, 0.1) is 12.1 Å². The van der Waals surface area contributed by atoms with E-state index in [1.54, 1.807) is 17.5 Å². The summed E-state index contributed by atoms with van der Waals surface area (Å²) in [4.78, 5) is 18.7. The van der Waals surface area contributed by atoms with Crippen molar-refractivity contribution in [1.29, 1.82) is 0 Å². The van der Waals surface area contributed by atoms with Gasteiger partial charge in [-0.15, -0.1) is 11.3 Å². The lowest BCUT2D eigenvalue weighted by atomic mass is 9.92. The number of piperidine rings is 1. The molecule has 1 aliphatic carbocycles. The van der Waals surface area contributed by atoms with Gasteiger partial charge in [0, 0.05) is 24.7 Å². The highest BCUT2D eigenvalue weighted by Crippen LogP contribution is 2.41. The Morgan fingerprint density at radius 2 is 2.10 bits per heavy atom. The Morgan fingerprint density at radius 1 is 1.38 bits per heavy atom.